The molecule has 0 spiro atoms. The van der Waals surface area contributed by atoms with E-state index >= 15 is 0 Å². The Morgan fingerprint density at radius 2 is 2.00 bits per heavy atom. The number of hydrogen-bond donors (Lipinski definition) is 0. The molecule has 0 saturated carbocycles. The molecule has 2 atom stereocenters. The van der Waals surface area contributed by atoms with E-state index in [9.17, 15) is 4.79 Å². The number of ether oxygens (including phenoxy) is 1. The van der Waals surface area contributed by atoms with E-state index in [2.05, 4.69) is 17.0 Å². The number of aryl methyl sites for hydroxylation is 1. The van der Waals surface area contributed by atoms with Crippen LogP contribution < -0.4 is 0 Å². The smallest absolute Gasteiger partial charge is 0.342 e. The number of piperidine rings is 1. The predicted molar refractivity (Wildman–Crippen MR) is 82.9 cm³/mol. The molecule has 5 heteroatoms. The van der Waals surface area contributed by atoms with Crippen molar-refractivity contribution in [2.24, 2.45) is 0 Å². The highest BCUT2D eigenvalue weighted by Crippen LogP contribution is 2.35. The van der Waals surface area contributed by atoms with Crippen LogP contribution in [0.25, 0.3) is 5.52 Å². The first kappa shape index (κ1) is 13.8. The fourth-order valence-corrected chi connectivity index (χ4v) is 3.98. The number of pyridine rings is 1. The molecule has 22 heavy (non-hydrogen) atoms. The molecule has 0 aromatic carbocycles. The van der Waals surface area contributed by atoms with Crippen molar-refractivity contribution in [3.63, 3.8) is 0 Å². The second kappa shape index (κ2) is 5.09. The maximum Gasteiger partial charge on any atom is 0.342 e. The summed E-state index contributed by atoms with van der Waals surface area (Å²) in [4.78, 5) is 15.0. The van der Waals surface area contributed by atoms with Crippen LogP contribution in [0.2, 0.25) is 0 Å². The van der Waals surface area contributed by atoms with Crippen LogP contribution in [0.3, 0.4) is 0 Å². The van der Waals surface area contributed by atoms with Gasteiger partial charge in [-0.25, -0.2) is 9.31 Å². The second-order valence-corrected chi connectivity index (χ2v) is 6.57. The Labute approximate surface area is 129 Å². The first-order valence-electron chi connectivity index (χ1n) is 8.00. The lowest BCUT2D eigenvalue weighted by Gasteiger charge is -2.35. The SMILES string of the molecule is Cc1cccc2c(C(=O)OC3CC4CCC(C3)N4C)cnn12. The molecule has 2 aliphatic rings. The van der Waals surface area contributed by atoms with Crippen LogP contribution in [0.1, 0.15) is 41.7 Å². The minimum Gasteiger partial charge on any atom is -0.459 e. The minimum absolute atomic E-state index is 0.0426. The van der Waals surface area contributed by atoms with E-state index in [1.54, 1.807) is 10.7 Å². The van der Waals surface area contributed by atoms with Gasteiger partial charge in [-0.2, -0.15) is 5.10 Å². The first-order valence-corrected chi connectivity index (χ1v) is 8.00. The molecule has 2 bridgehead atoms. The van der Waals surface area contributed by atoms with Gasteiger partial charge in [-0.15, -0.1) is 0 Å². The average Bonchev–Trinajstić information content (AvgIpc) is 2.99. The number of nitrogens with zero attached hydrogens (tertiary/aromatic N) is 3. The van der Waals surface area contributed by atoms with Gasteiger partial charge >= 0.3 is 5.97 Å². The van der Waals surface area contributed by atoms with Crippen molar-refractivity contribution in [2.45, 2.75) is 50.8 Å². The van der Waals surface area contributed by atoms with Gasteiger partial charge in [0.05, 0.1) is 11.7 Å². The lowest BCUT2D eigenvalue weighted by Crippen LogP contribution is -2.43. The van der Waals surface area contributed by atoms with Gasteiger partial charge < -0.3 is 9.64 Å². The van der Waals surface area contributed by atoms with E-state index in [-0.39, 0.29) is 12.1 Å². The quantitative estimate of drug-likeness (QED) is 0.799. The Kier molecular flexibility index (Phi) is 3.18. The highest BCUT2D eigenvalue weighted by Gasteiger charge is 2.40. The summed E-state index contributed by atoms with van der Waals surface area (Å²) >= 11 is 0. The van der Waals surface area contributed by atoms with Crippen LogP contribution in [-0.4, -0.2) is 45.7 Å². The first-order chi connectivity index (χ1) is 10.6. The zero-order valence-electron chi connectivity index (χ0n) is 13.0. The molecule has 0 amide bonds. The maximum absolute atomic E-state index is 12.5. The Morgan fingerprint density at radius 3 is 2.73 bits per heavy atom. The second-order valence-electron chi connectivity index (χ2n) is 6.57. The molecule has 116 valence electrons. The Morgan fingerprint density at radius 1 is 1.27 bits per heavy atom. The van der Waals surface area contributed by atoms with Crippen LogP contribution >= 0.6 is 0 Å². The number of aromatic nitrogens is 2. The standard InChI is InChI=1S/C17H21N3O2/c1-11-4-3-5-16-15(10-18-20(11)16)17(21)22-14-8-12-6-7-13(9-14)19(12)2/h3-5,10,12-14H,6-9H2,1-2H3. The van der Waals surface area contributed by atoms with E-state index in [0.717, 1.165) is 24.1 Å². The van der Waals surface area contributed by atoms with Crippen molar-refractivity contribution in [1.82, 2.24) is 14.5 Å². The third kappa shape index (κ3) is 2.11. The van der Waals surface area contributed by atoms with Crippen LogP contribution in [0.5, 0.6) is 0 Å². The number of carbonyl (C=O) groups excluding carboxylic acids is 1. The normalized spacial score (nSPS) is 28.2. The summed E-state index contributed by atoms with van der Waals surface area (Å²) in [5.41, 5.74) is 2.39. The predicted octanol–water partition coefficient (Wildman–Crippen LogP) is 2.42. The van der Waals surface area contributed by atoms with Crippen LogP contribution in [0.4, 0.5) is 0 Å². The summed E-state index contributed by atoms with van der Waals surface area (Å²) in [5, 5.41) is 4.29. The van der Waals surface area contributed by atoms with E-state index in [4.69, 9.17) is 4.74 Å². The van der Waals surface area contributed by atoms with Crippen LogP contribution in [-0.2, 0) is 4.74 Å². The molecule has 4 heterocycles. The highest BCUT2D eigenvalue weighted by atomic mass is 16.5. The van der Waals surface area contributed by atoms with Gasteiger partial charge in [-0.05, 0) is 38.9 Å². The topological polar surface area (TPSA) is 46.8 Å². The lowest BCUT2D eigenvalue weighted by atomic mass is 10.0. The summed E-state index contributed by atoms with van der Waals surface area (Å²) in [6, 6.07) is 6.97. The molecule has 2 fully saturated rings. The number of hydrogen-bond acceptors (Lipinski definition) is 4. The van der Waals surface area contributed by atoms with Crippen LogP contribution in [0.15, 0.2) is 24.4 Å². The molecule has 0 radical (unpaired) electrons. The highest BCUT2D eigenvalue weighted by molar-refractivity contribution is 5.96. The zero-order chi connectivity index (χ0) is 15.3. The van der Waals surface area contributed by atoms with Gasteiger partial charge in [-0.1, -0.05) is 6.07 Å². The minimum atomic E-state index is -0.241. The van der Waals surface area contributed by atoms with E-state index in [0.29, 0.717) is 17.6 Å². The van der Waals surface area contributed by atoms with Gasteiger partial charge in [0.15, 0.2) is 0 Å². The molecule has 2 aromatic heterocycles. The number of carbonyl (C=O) groups is 1. The van der Waals surface area contributed by atoms with Crippen molar-refractivity contribution in [3.05, 3.63) is 35.7 Å². The zero-order valence-corrected chi connectivity index (χ0v) is 13.0. The molecule has 2 saturated heterocycles. The van der Waals surface area contributed by atoms with Gasteiger partial charge in [0.2, 0.25) is 0 Å². The maximum atomic E-state index is 12.5. The van der Waals surface area contributed by atoms with Gasteiger partial charge in [0.1, 0.15) is 11.7 Å². The summed E-state index contributed by atoms with van der Waals surface area (Å²) in [5.74, 6) is -0.241. The Bertz CT molecular complexity index is 710. The molecular weight excluding hydrogens is 278 g/mol. The third-order valence-corrected chi connectivity index (χ3v) is 5.28. The molecule has 4 rings (SSSR count). The lowest BCUT2D eigenvalue weighted by molar-refractivity contribution is -0.000267. The monoisotopic (exact) mass is 299 g/mol. The number of fused-ring (bicyclic) bond motifs is 3. The molecule has 5 nitrogen and oxygen atoms in total. The molecular formula is C17H21N3O2. The average molecular weight is 299 g/mol. The molecule has 2 aliphatic heterocycles. The van der Waals surface area contributed by atoms with Gasteiger partial charge in [-0.3, -0.25) is 0 Å². The number of rotatable bonds is 2. The summed E-state index contributed by atoms with van der Waals surface area (Å²) < 4.78 is 7.58. The molecule has 2 aromatic rings. The van der Waals surface area contributed by atoms with Gasteiger partial charge in [0.25, 0.3) is 0 Å². The van der Waals surface area contributed by atoms with Crippen molar-refractivity contribution in [2.75, 3.05) is 7.05 Å². The summed E-state index contributed by atoms with van der Waals surface area (Å²) in [6.45, 7) is 1.98. The van der Waals surface area contributed by atoms with E-state index < -0.39 is 0 Å². The molecule has 0 aliphatic carbocycles. The Balaban J connectivity index is 1.54. The summed E-state index contributed by atoms with van der Waals surface area (Å²) in [6.07, 6.45) is 6.03. The molecule has 0 N–H and O–H groups in total. The summed E-state index contributed by atoms with van der Waals surface area (Å²) in [7, 11) is 2.19. The fraction of sp³-hybridized carbons (Fsp3) is 0.529. The fourth-order valence-electron chi connectivity index (χ4n) is 3.98. The van der Waals surface area contributed by atoms with Gasteiger partial charge in [0, 0.05) is 30.6 Å². The largest absolute Gasteiger partial charge is 0.459 e. The van der Waals surface area contributed by atoms with Crippen molar-refractivity contribution < 1.29 is 9.53 Å². The van der Waals surface area contributed by atoms with Crippen molar-refractivity contribution in [3.8, 4) is 0 Å². The van der Waals surface area contributed by atoms with Crippen molar-refractivity contribution >= 4 is 11.5 Å². The Hall–Kier alpha value is -1.88. The van der Waals surface area contributed by atoms with Crippen LogP contribution in [0, 0.1) is 6.92 Å². The van der Waals surface area contributed by atoms with E-state index in [1.807, 2.05) is 25.1 Å². The van der Waals surface area contributed by atoms with Crippen molar-refractivity contribution in [1.29, 1.82) is 0 Å². The molecule has 2 unspecified atom stereocenters. The third-order valence-electron chi connectivity index (χ3n) is 5.28. The number of esters is 1. The van der Waals surface area contributed by atoms with E-state index in [1.165, 1.54) is 12.8 Å².